The van der Waals surface area contributed by atoms with E-state index >= 15 is 0 Å². The van der Waals surface area contributed by atoms with Crippen LogP contribution in [0.4, 0.5) is 4.39 Å². The van der Waals surface area contributed by atoms with Gasteiger partial charge >= 0.3 is 0 Å². The summed E-state index contributed by atoms with van der Waals surface area (Å²) in [6, 6.07) is 6.62. The first kappa shape index (κ1) is 14.5. The summed E-state index contributed by atoms with van der Waals surface area (Å²) in [4.78, 5) is 15.7. The number of β-amino-alcohol motifs (C(OH)–C–C–N with tert-alkyl or cyclic N) is 1. The number of carbonyl (C=O) groups is 1. The first-order chi connectivity index (χ1) is 10.1. The SMILES string of the molecule is O=C1CCCN1CCN1C[C@H](O)C[C@H]1c1cccc(F)c1. The summed E-state index contributed by atoms with van der Waals surface area (Å²) in [5, 5.41) is 9.93. The number of benzene rings is 1. The molecular weight excluding hydrogens is 271 g/mol. The molecular formula is C16H21FN2O2. The van der Waals surface area contributed by atoms with Crippen LogP contribution in [0.15, 0.2) is 24.3 Å². The average molecular weight is 292 g/mol. The van der Waals surface area contributed by atoms with Crippen LogP contribution < -0.4 is 0 Å². The van der Waals surface area contributed by atoms with E-state index in [1.54, 1.807) is 6.07 Å². The van der Waals surface area contributed by atoms with Crippen LogP contribution >= 0.6 is 0 Å². The highest BCUT2D eigenvalue weighted by atomic mass is 19.1. The molecule has 4 nitrogen and oxygen atoms in total. The number of carbonyl (C=O) groups excluding carboxylic acids is 1. The third kappa shape index (κ3) is 3.24. The Morgan fingerprint density at radius 1 is 1.33 bits per heavy atom. The molecule has 0 bridgehead atoms. The van der Waals surface area contributed by atoms with E-state index in [1.165, 1.54) is 12.1 Å². The van der Waals surface area contributed by atoms with Crippen LogP contribution in [0.25, 0.3) is 0 Å². The van der Waals surface area contributed by atoms with E-state index in [2.05, 4.69) is 4.90 Å². The van der Waals surface area contributed by atoms with Crippen molar-refractivity contribution in [1.29, 1.82) is 0 Å². The monoisotopic (exact) mass is 292 g/mol. The molecule has 5 heteroatoms. The number of aliphatic hydroxyl groups excluding tert-OH is 1. The topological polar surface area (TPSA) is 43.8 Å². The van der Waals surface area contributed by atoms with Crippen molar-refractivity contribution < 1.29 is 14.3 Å². The Balaban J connectivity index is 1.66. The number of halogens is 1. The van der Waals surface area contributed by atoms with Gasteiger partial charge in [0.25, 0.3) is 0 Å². The number of amides is 1. The molecule has 21 heavy (non-hydrogen) atoms. The van der Waals surface area contributed by atoms with Crippen LogP contribution in [-0.4, -0.2) is 53.1 Å². The summed E-state index contributed by atoms with van der Waals surface area (Å²) >= 11 is 0. The highest BCUT2D eigenvalue weighted by molar-refractivity contribution is 5.78. The minimum atomic E-state index is -0.382. The van der Waals surface area contributed by atoms with Gasteiger partial charge in [-0.2, -0.15) is 0 Å². The molecule has 2 aliphatic heterocycles. The predicted molar refractivity (Wildman–Crippen MR) is 77.2 cm³/mol. The van der Waals surface area contributed by atoms with Crippen LogP contribution in [0.3, 0.4) is 0 Å². The molecule has 2 saturated heterocycles. The first-order valence-corrected chi connectivity index (χ1v) is 7.59. The fourth-order valence-corrected chi connectivity index (χ4v) is 3.38. The van der Waals surface area contributed by atoms with Crippen molar-refractivity contribution in [1.82, 2.24) is 9.80 Å². The minimum absolute atomic E-state index is 0.0356. The third-order valence-electron chi connectivity index (χ3n) is 4.44. The average Bonchev–Trinajstić information content (AvgIpc) is 3.02. The fourth-order valence-electron chi connectivity index (χ4n) is 3.38. The number of rotatable bonds is 4. The van der Waals surface area contributed by atoms with Gasteiger partial charge in [-0.05, 0) is 30.5 Å². The lowest BCUT2D eigenvalue weighted by atomic mass is 10.0. The van der Waals surface area contributed by atoms with Gasteiger partial charge in [-0.25, -0.2) is 4.39 Å². The summed E-state index contributed by atoms with van der Waals surface area (Å²) in [7, 11) is 0. The zero-order chi connectivity index (χ0) is 14.8. The smallest absolute Gasteiger partial charge is 0.222 e. The molecule has 2 aliphatic rings. The second kappa shape index (κ2) is 6.12. The molecule has 0 unspecified atom stereocenters. The number of nitrogens with zero attached hydrogens (tertiary/aromatic N) is 2. The van der Waals surface area contributed by atoms with Gasteiger partial charge in [0.05, 0.1) is 6.10 Å². The van der Waals surface area contributed by atoms with Crippen molar-refractivity contribution in [2.24, 2.45) is 0 Å². The number of likely N-dealkylation sites (tertiary alicyclic amines) is 2. The normalized spacial score (nSPS) is 26.8. The van der Waals surface area contributed by atoms with Crippen LogP contribution in [-0.2, 0) is 4.79 Å². The lowest BCUT2D eigenvalue weighted by Gasteiger charge is -2.27. The zero-order valence-electron chi connectivity index (χ0n) is 12.0. The fraction of sp³-hybridized carbons (Fsp3) is 0.562. The second-order valence-corrected chi connectivity index (χ2v) is 5.94. The van der Waals surface area contributed by atoms with Gasteiger partial charge in [-0.1, -0.05) is 12.1 Å². The Hall–Kier alpha value is -1.46. The van der Waals surface area contributed by atoms with Crippen molar-refractivity contribution in [3.8, 4) is 0 Å². The second-order valence-electron chi connectivity index (χ2n) is 5.94. The maximum absolute atomic E-state index is 13.4. The van der Waals surface area contributed by atoms with Gasteiger partial charge in [0.1, 0.15) is 5.82 Å². The van der Waals surface area contributed by atoms with Crippen LogP contribution in [0, 0.1) is 5.82 Å². The van der Waals surface area contributed by atoms with E-state index in [0.29, 0.717) is 25.9 Å². The molecule has 1 aromatic rings. The molecule has 0 spiro atoms. The molecule has 1 aromatic carbocycles. The van der Waals surface area contributed by atoms with Gasteiger partial charge in [0.2, 0.25) is 5.91 Å². The Bertz CT molecular complexity index is 523. The molecule has 2 heterocycles. The van der Waals surface area contributed by atoms with Crippen molar-refractivity contribution in [2.45, 2.75) is 31.4 Å². The summed E-state index contributed by atoms with van der Waals surface area (Å²) < 4.78 is 13.4. The summed E-state index contributed by atoms with van der Waals surface area (Å²) in [5.41, 5.74) is 0.902. The van der Waals surface area contributed by atoms with Crippen molar-refractivity contribution in [3.63, 3.8) is 0 Å². The van der Waals surface area contributed by atoms with E-state index in [1.807, 2.05) is 11.0 Å². The first-order valence-electron chi connectivity index (χ1n) is 7.59. The lowest BCUT2D eigenvalue weighted by molar-refractivity contribution is -0.127. The van der Waals surface area contributed by atoms with Crippen molar-refractivity contribution >= 4 is 5.91 Å². The van der Waals surface area contributed by atoms with E-state index in [4.69, 9.17) is 0 Å². The maximum Gasteiger partial charge on any atom is 0.222 e. The molecule has 0 radical (unpaired) electrons. The van der Waals surface area contributed by atoms with Crippen molar-refractivity contribution in [2.75, 3.05) is 26.2 Å². The Morgan fingerprint density at radius 3 is 2.90 bits per heavy atom. The summed E-state index contributed by atoms with van der Waals surface area (Å²) in [5.74, 6) is -0.0272. The van der Waals surface area contributed by atoms with E-state index in [9.17, 15) is 14.3 Å². The van der Waals surface area contributed by atoms with Gasteiger partial charge in [-0.3, -0.25) is 9.69 Å². The molecule has 0 saturated carbocycles. The highest BCUT2D eigenvalue weighted by Gasteiger charge is 2.32. The van der Waals surface area contributed by atoms with Crippen molar-refractivity contribution in [3.05, 3.63) is 35.6 Å². The Kier molecular flexibility index (Phi) is 4.22. The van der Waals surface area contributed by atoms with Crippen LogP contribution in [0.1, 0.15) is 30.9 Å². The zero-order valence-corrected chi connectivity index (χ0v) is 12.0. The molecule has 1 amide bonds. The number of aliphatic hydroxyl groups is 1. The highest BCUT2D eigenvalue weighted by Crippen LogP contribution is 2.32. The van der Waals surface area contributed by atoms with Gasteiger partial charge in [-0.15, -0.1) is 0 Å². The third-order valence-corrected chi connectivity index (χ3v) is 4.44. The quantitative estimate of drug-likeness (QED) is 0.916. The minimum Gasteiger partial charge on any atom is -0.392 e. The number of hydrogen-bond acceptors (Lipinski definition) is 3. The van der Waals surface area contributed by atoms with E-state index in [-0.39, 0.29) is 23.9 Å². The number of hydrogen-bond donors (Lipinski definition) is 1. The largest absolute Gasteiger partial charge is 0.392 e. The predicted octanol–water partition coefficient (Wildman–Crippen LogP) is 1.56. The van der Waals surface area contributed by atoms with Gasteiger partial charge < -0.3 is 10.0 Å². The van der Waals surface area contributed by atoms with Crippen LogP contribution in [0.5, 0.6) is 0 Å². The standard InChI is InChI=1S/C16H21FN2O2/c17-13-4-1-3-12(9-13)15-10-14(20)11-19(15)8-7-18-6-2-5-16(18)21/h1,3-4,9,14-15,20H,2,5-8,10-11H2/t14-,15+/m1/s1. The van der Waals surface area contributed by atoms with E-state index in [0.717, 1.165) is 25.1 Å². The summed E-state index contributed by atoms with van der Waals surface area (Å²) in [6.07, 6.45) is 1.83. The van der Waals surface area contributed by atoms with E-state index < -0.39 is 0 Å². The molecule has 0 aliphatic carbocycles. The molecule has 2 fully saturated rings. The molecule has 0 aromatic heterocycles. The molecule has 114 valence electrons. The van der Waals surface area contributed by atoms with Crippen LogP contribution in [0.2, 0.25) is 0 Å². The van der Waals surface area contributed by atoms with Gasteiger partial charge in [0.15, 0.2) is 0 Å². The Labute approximate surface area is 124 Å². The molecule has 2 atom stereocenters. The lowest BCUT2D eigenvalue weighted by Crippen LogP contribution is -2.36. The maximum atomic E-state index is 13.4. The molecule has 3 rings (SSSR count). The Morgan fingerprint density at radius 2 is 2.19 bits per heavy atom. The summed E-state index contributed by atoms with van der Waals surface area (Å²) in [6.45, 7) is 2.84. The van der Waals surface area contributed by atoms with Gasteiger partial charge in [0, 0.05) is 38.6 Å². The molecule has 1 N–H and O–H groups in total.